The van der Waals surface area contributed by atoms with Gasteiger partial charge in [0.15, 0.2) is 0 Å². The lowest BCUT2D eigenvalue weighted by molar-refractivity contribution is 0.283. The van der Waals surface area contributed by atoms with Gasteiger partial charge in [0.1, 0.15) is 11.9 Å². The lowest BCUT2D eigenvalue weighted by Gasteiger charge is -2.22. The lowest BCUT2D eigenvalue weighted by atomic mass is 10.1. The predicted octanol–water partition coefficient (Wildman–Crippen LogP) is 3.52. The second-order valence-electron chi connectivity index (χ2n) is 4.49. The van der Waals surface area contributed by atoms with Gasteiger partial charge < -0.3 is 0 Å². The molecule has 0 N–H and O–H groups in total. The van der Waals surface area contributed by atoms with E-state index in [1.807, 2.05) is 42.3 Å². The topological polar surface area (TPSA) is 27.0 Å². The Morgan fingerprint density at radius 3 is 2.53 bits per heavy atom. The summed E-state index contributed by atoms with van der Waals surface area (Å²) in [7, 11) is 1.87. The Morgan fingerprint density at radius 2 is 1.89 bits per heavy atom. The third-order valence-corrected chi connectivity index (χ3v) is 3.00. The highest BCUT2D eigenvalue weighted by molar-refractivity contribution is 5.25. The van der Waals surface area contributed by atoms with Crippen molar-refractivity contribution < 1.29 is 4.39 Å². The van der Waals surface area contributed by atoms with Crippen LogP contribution >= 0.6 is 0 Å². The number of nitrogens with zero attached hydrogens (tertiary/aromatic N) is 2. The Balaban J connectivity index is 2.16. The average Bonchev–Trinajstić information content (AvgIpc) is 2.41. The number of benzene rings is 2. The molecule has 0 amide bonds. The minimum atomic E-state index is -0.448. The van der Waals surface area contributed by atoms with E-state index in [1.165, 1.54) is 12.1 Å². The minimum absolute atomic E-state index is 0.314. The quantitative estimate of drug-likeness (QED) is 0.834. The van der Waals surface area contributed by atoms with Gasteiger partial charge in [-0.1, -0.05) is 42.5 Å². The van der Waals surface area contributed by atoms with Crippen molar-refractivity contribution >= 4 is 0 Å². The van der Waals surface area contributed by atoms with E-state index < -0.39 is 6.04 Å². The van der Waals surface area contributed by atoms with Crippen molar-refractivity contribution in [3.63, 3.8) is 0 Å². The molecular formula is C16H15FN2. The average molecular weight is 254 g/mol. The summed E-state index contributed by atoms with van der Waals surface area (Å²) in [6.45, 7) is 0.648. The van der Waals surface area contributed by atoms with Crippen molar-refractivity contribution in [2.45, 2.75) is 12.6 Å². The van der Waals surface area contributed by atoms with Crippen LogP contribution in [0.1, 0.15) is 17.2 Å². The van der Waals surface area contributed by atoms with Crippen LogP contribution in [-0.2, 0) is 6.54 Å². The lowest BCUT2D eigenvalue weighted by Crippen LogP contribution is -2.23. The van der Waals surface area contributed by atoms with Gasteiger partial charge in [-0.2, -0.15) is 5.26 Å². The molecule has 19 heavy (non-hydrogen) atoms. The molecule has 2 aromatic carbocycles. The van der Waals surface area contributed by atoms with E-state index >= 15 is 0 Å². The molecule has 0 radical (unpaired) electrons. The molecule has 0 saturated heterocycles. The monoisotopic (exact) mass is 254 g/mol. The summed E-state index contributed by atoms with van der Waals surface area (Å²) in [6, 6.07) is 17.9. The van der Waals surface area contributed by atoms with Crippen LogP contribution in [-0.4, -0.2) is 11.9 Å². The zero-order valence-electron chi connectivity index (χ0n) is 10.8. The first-order valence-corrected chi connectivity index (χ1v) is 6.10. The van der Waals surface area contributed by atoms with E-state index in [0.29, 0.717) is 12.1 Å². The normalized spacial score (nSPS) is 12.1. The smallest absolute Gasteiger partial charge is 0.124 e. The Hall–Kier alpha value is -2.18. The third-order valence-electron chi connectivity index (χ3n) is 3.00. The summed E-state index contributed by atoms with van der Waals surface area (Å²) < 4.78 is 13.2. The van der Waals surface area contributed by atoms with Crippen LogP contribution in [0.4, 0.5) is 4.39 Å². The molecule has 0 aliphatic carbocycles. The number of hydrogen-bond donors (Lipinski definition) is 0. The number of nitriles is 1. The zero-order chi connectivity index (χ0) is 13.7. The molecule has 1 atom stereocenters. The molecular weight excluding hydrogens is 239 g/mol. The summed E-state index contributed by atoms with van der Waals surface area (Å²) in [5.74, 6) is -0.314. The molecule has 0 aliphatic heterocycles. The van der Waals surface area contributed by atoms with E-state index in [2.05, 4.69) is 6.07 Å². The van der Waals surface area contributed by atoms with Crippen LogP contribution in [0.25, 0.3) is 0 Å². The highest BCUT2D eigenvalue weighted by atomic mass is 19.1. The molecule has 2 rings (SSSR count). The van der Waals surface area contributed by atoms with Gasteiger partial charge in [-0.3, -0.25) is 4.90 Å². The third kappa shape index (κ3) is 3.40. The molecule has 0 bridgehead atoms. The van der Waals surface area contributed by atoms with Crippen molar-refractivity contribution in [1.29, 1.82) is 5.26 Å². The van der Waals surface area contributed by atoms with Crippen LogP contribution in [0.3, 0.4) is 0 Å². The van der Waals surface area contributed by atoms with E-state index in [-0.39, 0.29) is 5.82 Å². The van der Waals surface area contributed by atoms with E-state index in [1.54, 1.807) is 12.1 Å². The number of hydrogen-bond acceptors (Lipinski definition) is 2. The van der Waals surface area contributed by atoms with Crippen molar-refractivity contribution in [2.24, 2.45) is 0 Å². The fourth-order valence-corrected chi connectivity index (χ4v) is 2.07. The van der Waals surface area contributed by atoms with E-state index in [9.17, 15) is 9.65 Å². The van der Waals surface area contributed by atoms with Crippen molar-refractivity contribution in [3.8, 4) is 6.07 Å². The predicted molar refractivity (Wildman–Crippen MR) is 72.7 cm³/mol. The molecule has 0 aliphatic rings. The highest BCUT2D eigenvalue weighted by Gasteiger charge is 2.16. The first-order chi connectivity index (χ1) is 9.20. The number of rotatable bonds is 4. The molecule has 2 nitrogen and oxygen atoms in total. The molecule has 0 aromatic heterocycles. The van der Waals surface area contributed by atoms with Gasteiger partial charge in [0.05, 0.1) is 6.07 Å². The molecule has 0 fully saturated rings. The summed E-state index contributed by atoms with van der Waals surface area (Å²) >= 11 is 0. The first-order valence-electron chi connectivity index (χ1n) is 6.10. The molecule has 96 valence electrons. The minimum Gasteiger partial charge on any atom is -0.283 e. The maximum absolute atomic E-state index is 13.2. The molecule has 0 spiro atoms. The Bertz CT molecular complexity index is 575. The zero-order valence-corrected chi connectivity index (χ0v) is 10.8. The van der Waals surface area contributed by atoms with Crippen LogP contribution in [0.15, 0.2) is 54.6 Å². The van der Waals surface area contributed by atoms with Crippen molar-refractivity contribution in [3.05, 3.63) is 71.5 Å². The maximum atomic E-state index is 13.2. The summed E-state index contributed by atoms with van der Waals surface area (Å²) in [6.07, 6.45) is 0. The summed E-state index contributed by atoms with van der Waals surface area (Å²) in [4.78, 5) is 1.91. The largest absolute Gasteiger partial charge is 0.283 e. The van der Waals surface area contributed by atoms with Gasteiger partial charge in [0.2, 0.25) is 0 Å². The summed E-state index contributed by atoms with van der Waals surface area (Å²) in [5.41, 5.74) is 1.81. The van der Waals surface area contributed by atoms with E-state index in [0.717, 1.165) is 5.56 Å². The van der Waals surface area contributed by atoms with Gasteiger partial charge >= 0.3 is 0 Å². The Morgan fingerprint density at radius 1 is 1.16 bits per heavy atom. The van der Waals surface area contributed by atoms with Gasteiger partial charge in [-0.15, -0.1) is 0 Å². The standard InChI is InChI=1S/C16H15FN2/c1-19(12-13-6-3-2-4-7-13)16(11-18)14-8-5-9-15(17)10-14/h2-10,16H,12H2,1H3. The highest BCUT2D eigenvalue weighted by Crippen LogP contribution is 2.21. The SMILES string of the molecule is CN(Cc1ccccc1)C(C#N)c1cccc(F)c1. The van der Waals surface area contributed by atoms with Crippen LogP contribution in [0.2, 0.25) is 0 Å². The molecule has 1 unspecified atom stereocenters. The molecule has 0 saturated carbocycles. The summed E-state index contributed by atoms with van der Waals surface area (Å²) in [5, 5.41) is 9.30. The fraction of sp³-hybridized carbons (Fsp3) is 0.188. The Kier molecular flexibility index (Phi) is 4.27. The van der Waals surface area contributed by atoms with E-state index in [4.69, 9.17) is 0 Å². The molecule has 3 heteroatoms. The second-order valence-corrected chi connectivity index (χ2v) is 4.49. The maximum Gasteiger partial charge on any atom is 0.124 e. The van der Waals surface area contributed by atoms with Crippen LogP contribution < -0.4 is 0 Å². The van der Waals surface area contributed by atoms with Gasteiger partial charge in [0.25, 0.3) is 0 Å². The van der Waals surface area contributed by atoms with Gasteiger partial charge in [-0.05, 0) is 30.3 Å². The van der Waals surface area contributed by atoms with Gasteiger partial charge in [-0.25, -0.2) is 4.39 Å². The Labute approximate surface area is 112 Å². The van der Waals surface area contributed by atoms with Crippen LogP contribution in [0, 0.1) is 17.1 Å². The number of halogens is 1. The second kappa shape index (κ2) is 6.12. The van der Waals surface area contributed by atoms with Crippen molar-refractivity contribution in [1.82, 2.24) is 4.90 Å². The fourth-order valence-electron chi connectivity index (χ4n) is 2.07. The van der Waals surface area contributed by atoms with Crippen LogP contribution in [0.5, 0.6) is 0 Å². The van der Waals surface area contributed by atoms with Crippen molar-refractivity contribution in [2.75, 3.05) is 7.05 Å². The van der Waals surface area contributed by atoms with Gasteiger partial charge in [0, 0.05) is 6.54 Å². The molecule has 0 heterocycles. The first kappa shape index (κ1) is 13.3. The molecule has 2 aromatic rings.